The van der Waals surface area contributed by atoms with Gasteiger partial charge in [0.25, 0.3) is 5.91 Å². The number of aryl methyl sites for hydroxylation is 1. The number of nitrogens with one attached hydrogen (secondary N) is 1. The molecule has 0 radical (unpaired) electrons. The Morgan fingerprint density at radius 2 is 2.25 bits per heavy atom. The second-order valence-corrected chi connectivity index (χ2v) is 5.29. The molecule has 1 aliphatic rings. The van der Waals surface area contributed by atoms with Gasteiger partial charge in [0, 0.05) is 24.8 Å². The van der Waals surface area contributed by atoms with Gasteiger partial charge in [0.15, 0.2) is 0 Å². The molecule has 1 saturated heterocycles. The summed E-state index contributed by atoms with van der Waals surface area (Å²) in [5, 5.41) is 3.01. The molecule has 1 aliphatic heterocycles. The number of amides is 1. The molecule has 0 aromatic carbocycles. The van der Waals surface area contributed by atoms with Crippen LogP contribution in [0, 0.1) is 0 Å². The molecular formula is C15H23N3O2. The summed E-state index contributed by atoms with van der Waals surface area (Å²) in [4.78, 5) is 19.0. The predicted molar refractivity (Wildman–Crippen MR) is 79.1 cm³/mol. The first-order valence-corrected chi connectivity index (χ1v) is 7.16. The lowest BCUT2D eigenvalue weighted by Gasteiger charge is -2.37. The summed E-state index contributed by atoms with van der Waals surface area (Å²) in [6.45, 7) is 7.28. The van der Waals surface area contributed by atoms with Crippen LogP contribution in [0.4, 0.5) is 5.82 Å². The molecule has 20 heavy (non-hydrogen) atoms. The zero-order valence-corrected chi connectivity index (χ0v) is 12.6. The van der Waals surface area contributed by atoms with E-state index in [-0.39, 0.29) is 18.1 Å². The van der Waals surface area contributed by atoms with Crippen molar-refractivity contribution < 1.29 is 9.53 Å². The van der Waals surface area contributed by atoms with Gasteiger partial charge in [-0.2, -0.15) is 0 Å². The highest BCUT2D eigenvalue weighted by molar-refractivity contribution is 5.95. The Balaban J connectivity index is 2.27. The van der Waals surface area contributed by atoms with Crippen LogP contribution in [-0.2, 0) is 11.2 Å². The molecule has 110 valence electrons. The number of anilines is 1. The lowest BCUT2D eigenvalue weighted by Crippen LogP contribution is -2.50. The summed E-state index contributed by atoms with van der Waals surface area (Å²) in [7, 11) is 1.81. The molecule has 5 nitrogen and oxygen atoms in total. The summed E-state index contributed by atoms with van der Waals surface area (Å²) in [6, 6.07) is 3.81. The smallest absolute Gasteiger partial charge is 0.254 e. The van der Waals surface area contributed by atoms with Gasteiger partial charge in [-0.25, -0.2) is 4.98 Å². The maximum atomic E-state index is 12.7. The third kappa shape index (κ3) is 3.10. The van der Waals surface area contributed by atoms with Gasteiger partial charge in [-0.1, -0.05) is 6.92 Å². The number of pyridine rings is 1. The number of morpholine rings is 1. The largest absolute Gasteiger partial charge is 0.375 e. The summed E-state index contributed by atoms with van der Waals surface area (Å²) < 4.78 is 5.58. The summed E-state index contributed by atoms with van der Waals surface area (Å²) >= 11 is 0. The average Bonchev–Trinajstić information content (AvgIpc) is 2.48. The van der Waals surface area contributed by atoms with Gasteiger partial charge in [0.05, 0.1) is 18.8 Å². The maximum Gasteiger partial charge on any atom is 0.254 e. The van der Waals surface area contributed by atoms with Crippen molar-refractivity contribution in [2.75, 3.05) is 25.5 Å². The fourth-order valence-electron chi connectivity index (χ4n) is 2.37. The Bertz CT molecular complexity index is 468. The van der Waals surface area contributed by atoms with Crippen LogP contribution in [0.15, 0.2) is 12.1 Å². The van der Waals surface area contributed by atoms with Crippen molar-refractivity contribution in [2.45, 2.75) is 39.3 Å². The van der Waals surface area contributed by atoms with E-state index in [2.05, 4.69) is 10.3 Å². The van der Waals surface area contributed by atoms with Crippen molar-refractivity contribution in [3.63, 3.8) is 0 Å². The third-order valence-electron chi connectivity index (χ3n) is 3.61. The third-order valence-corrected chi connectivity index (χ3v) is 3.61. The van der Waals surface area contributed by atoms with Crippen molar-refractivity contribution >= 4 is 11.7 Å². The van der Waals surface area contributed by atoms with Crippen molar-refractivity contribution in [1.82, 2.24) is 9.88 Å². The number of hydrogen-bond donors (Lipinski definition) is 1. The van der Waals surface area contributed by atoms with Crippen LogP contribution in [0.3, 0.4) is 0 Å². The molecule has 2 atom stereocenters. The average molecular weight is 277 g/mol. The van der Waals surface area contributed by atoms with Crippen LogP contribution in [-0.4, -0.2) is 48.1 Å². The Kier molecular flexibility index (Phi) is 4.60. The fraction of sp³-hybridized carbons (Fsp3) is 0.600. The highest BCUT2D eigenvalue weighted by Crippen LogP contribution is 2.18. The van der Waals surface area contributed by atoms with E-state index < -0.39 is 0 Å². The molecule has 0 aliphatic carbocycles. The first kappa shape index (κ1) is 14.8. The van der Waals surface area contributed by atoms with Crippen molar-refractivity contribution in [3.8, 4) is 0 Å². The summed E-state index contributed by atoms with van der Waals surface area (Å²) in [5.41, 5.74) is 1.62. The van der Waals surface area contributed by atoms with Gasteiger partial charge >= 0.3 is 0 Å². The zero-order chi connectivity index (χ0) is 14.7. The fourth-order valence-corrected chi connectivity index (χ4v) is 2.37. The lowest BCUT2D eigenvalue weighted by molar-refractivity contribution is -0.0387. The summed E-state index contributed by atoms with van der Waals surface area (Å²) in [6.07, 6.45) is 0.900. The van der Waals surface area contributed by atoms with E-state index >= 15 is 0 Å². The van der Waals surface area contributed by atoms with Crippen molar-refractivity contribution in [3.05, 3.63) is 23.4 Å². The van der Waals surface area contributed by atoms with Crippen LogP contribution in [0.25, 0.3) is 0 Å². The molecular weight excluding hydrogens is 254 g/mol. The Labute approximate surface area is 120 Å². The topological polar surface area (TPSA) is 54.5 Å². The number of carbonyl (C=O) groups excluding carboxylic acids is 1. The molecule has 0 bridgehead atoms. The second kappa shape index (κ2) is 6.22. The number of aromatic nitrogens is 1. The van der Waals surface area contributed by atoms with Crippen LogP contribution in [0.5, 0.6) is 0 Å². The number of carbonyl (C=O) groups is 1. The van der Waals surface area contributed by atoms with Gasteiger partial charge in [0.1, 0.15) is 5.82 Å². The molecule has 1 amide bonds. The van der Waals surface area contributed by atoms with Crippen molar-refractivity contribution in [1.29, 1.82) is 0 Å². The van der Waals surface area contributed by atoms with E-state index in [0.717, 1.165) is 17.9 Å². The molecule has 1 aromatic heterocycles. The van der Waals surface area contributed by atoms with Gasteiger partial charge < -0.3 is 15.0 Å². The minimum atomic E-state index is 0.0567. The first-order chi connectivity index (χ1) is 9.55. The monoisotopic (exact) mass is 277 g/mol. The maximum absolute atomic E-state index is 12.7. The van der Waals surface area contributed by atoms with Gasteiger partial charge in [-0.3, -0.25) is 4.79 Å². The molecule has 2 unspecified atom stereocenters. The second-order valence-electron chi connectivity index (χ2n) is 5.29. The number of hydrogen-bond acceptors (Lipinski definition) is 4. The molecule has 5 heteroatoms. The number of rotatable bonds is 3. The Morgan fingerprint density at radius 3 is 2.90 bits per heavy atom. The first-order valence-electron chi connectivity index (χ1n) is 7.16. The highest BCUT2D eigenvalue weighted by atomic mass is 16.5. The molecule has 1 N–H and O–H groups in total. The lowest BCUT2D eigenvalue weighted by atomic mass is 10.1. The minimum absolute atomic E-state index is 0.0567. The van der Waals surface area contributed by atoms with E-state index in [9.17, 15) is 4.79 Å². The van der Waals surface area contributed by atoms with E-state index in [1.165, 1.54) is 0 Å². The predicted octanol–water partition coefficient (Wildman–Crippen LogP) is 1.94. The Morgan fingerprint density at radius 1 is 1.50 bits per heavy atom. The van der Waals surface area contributed by atoms with Gasteiger partial charge in [0.2, 0.25) is 0 Å². The highest BCUT2D eigenvalue weighted by Gasteiger charge is 2.28. The quantitative estimate of drug-likeness (QED) is 0.917. The van der Waals surface area contributed by atoms with E-state index in [1.807, 2.05) is 44.9 Å². The summed E-state index contributed by atoms with van der Waals surface area (Å²) in [5.74, 6) is 0.794. The molecule has 2 rings (SSSR count). The minimum Gasteiger partial charge on any atom is -0.375 e. The van der Waals surface area contributed by atoms with E-state index in [0.29, 0.717) is 18.7 Å². The molecule has 0 spiro atoms. The van der Waals surface area contributed by atoms with Crippen LogP contribution < -0.4 is 5.32 Å². The van der Waals surface area contributed by atoms with E-state index in [1.54, 1.807) is 0 Å². The molecule has 0 saturated carbocycles. The standard InChI is InChI=1S/C15H23N3O2/c1-5-13-6-12(7-14(16-4)17-13)15(19)18-8-11(3)20-9-10(18)2/h6-7,10-11H,5,8-9H2,1-4H3,(H,16,17). The number of ether oxygens (including phenoxy) is 1. The van der Waals surface area contributed by atoms with Gasteiger partial charge in [-0.15, -0.1) is 0 Å². The van der Waals surface area contributed by atoms with Crippen molar-refractivity contribution in [2.24, 2.45) is 0 Å². The van der Waals surface area contributed by atoms with E-state index in [4.69, 9.17) is 4.74 Å². The SMILES string of the molecule is CCc1cc(C(=O)N2CC(C)OCC2C)cc(NC)n1. The van der Waals surface area contributed by atoms with Crippen LogP contribution in [0.2, 0.25) is 0 Å². The normalized spacial score (nSPS) is 22.7. The van der Waals surface area contributed by atoms with Crippen LogP contribution in [0.1, 0.15) is 36.8 Å². The molecule has 1 aromatic rings. The molecule has 1 fully saturated rings. The zero-order valence-electron chi connectivity index (χ0n) is 12.6. The van der Waals surface area contributed by atoms with Gasteiger partial charge in [-0.05, 0) is 32.4 Å². The van der Waals surface area contributed by atoms with Crippen LogP contribution >= 0.6 is 0 Å². The Hall–Kier alpha value is -1.62. The number of nitrogens with zero attached hydrogens (tertiary/aromatic N) is 2. The molecule has 2 heterocycles.